The molecule has 2 heterocycles. The zero-order valence-electron chi connectivity index (χ0n) is 15.0. The SMILES string of the molecule is COC(=O)c1c(NC(=O)CSc2nnc(C3CC3)n2N)sc2c1CCCC2. The zero-order valence-corrected chi connectivity index (χ0v) is 16.6. The third kappa shape index (κ3) is 3.68. The topological polar surface area (TPSA) is 112 Å². The maximum absolute atomic E-state index is 12.5. The number of nitrogen functional groups attached to an aromatic ring is 1. The zero-order chi connectivity index (χ0) is 19.0. The third-order valence-corrected chi connectivity index (χ3v) is 6.93. The molecule has 0 aromatic carbocycles. The number of ether oxygens (including phenoxy) is 1. The number of carbonyl (C=O) groups is 2. The van der Waals surface area contributed by atoms with Crippen molar-refractivity contribution in [1.82, 2.24) is 14.9 Å². The Morgan fingerprint density at radius 2 is 2.11 bits per heavy atom. The summed E-state index contributed by atoms with van der Waals surface area (Å²) in [5.41, 5.74) is 1.53. The van der Waals surface area contributed by atoms with E-state index in [2.05, 4.69) is 15.5 Å². The van der Waals surface area contributed by atoms with E-state index in [4.69, 9.17) is 10.6 Å². The lowest BCUT2D eigenvalue weighted by molar-refractivity contribution is -0.113. The van der Waals surface area contributed by atoms with Gasteiger partial charge >= 0.3 is 5.97 Å². The molecule has 1 fully saturated rings. The molecule has 2 aliphatic carbocycles. The molecule has 2 aliphatic rings. The van der Waals surface area contributed by atoms with Gasteiger partial charge in [-0.1, -0.05) is 11.8 Å². The van der Waals surface area contributed by atoms with Gasteiger partial charge in [0.1, 0.15) is 5.00 Å². The van der Waals surface area contributed by atoms with Crippen molar-refractivity contribution in [3.05, 3.63) is 21.8 Å². The van der Waals surface area contributed by atoms with Gasteiger partial charge in [0.15, 0.2) is 5.82 Å². The number of amides is 1. The fourth-order valence-corrected chi connectivity index (χ4v) is 5.23. The Balaban J connectivity index is 1.45. The van der Waals surface area contributed by atoms with Crippen LogP contribution >= 0.6 is 23.1 Å². The van der Waals surface area contributed by atoms with Crippen LogP contribution in [0, 0.1) is 0 Å². The predicted octanol–water partition coefficient (Wildman–Crippen LogP) is 2.33. The van der Waals surface area contributed by atoms with E-state index in [0.29, 0.717) is 21.6 Å². The minimum Gasteiger partial charge on any atom is -0.465 e. The van der Waals surface area contributed by atoms with Crippen molar-refractivity contribution in [2.45, 2.75) is 49.6 Å². The van der Waals surface area contributed by atoms with Gasteiger partial charge in [0, 0.05) is 10.8 Å². The highest BCUT2D eigenvalue weighted by Crippen LogP contribution is 2.40. The number of carbonyl (C=O) groups excluding carboxylic acids is 2. The number of thioether (sulfide) groups is 1. The summed E-state index contributed by atoms with van der Waals surface area (Å²) in [6, 6.07) is 0. The average Bonchev–Trinajstić information content (AvgIpc) is 3.35. The van der Waals surface area contributed by atoms with E-state index in [1.54, 1.807) is 0 Å². The second-order valence-corrected chi connectivity index (χ2v) is 8.78. The quantitative estimate of drug-likeness (QED) is 0.429. The number of nitrogens with one attached hydrogen (secondary N) is 1. The molecule has 144 valence electrons. The molecule has 0 bridgehead atoms. The average molecular weight is 408 g/mol. The molecule has 2 aromatic rings. The normalized spacial score (nSPS) is 16.0. The predicted molar refractivity (Wildman–Crippen MR) is 104 cm³/mol. The number of nitrogens with zero attached hydrogens (tertiary/aromatic N) is 3. The second-order valence-electron chi connectivity index (χ2n) is 6.73. The molecule has 1 saturated carbocycles. The standard InChI is InChI=1S/C17H21N5O3S2/c1-25-16(24)13-10-4-2-3-5-11(10)27-15(13)19-12(23)8-26-17-21-20-14(22(17)18)9-6-7-9/h9H,2-8,18H2,1H3,(H,19,23). The highest BCUT2D eigenvalue weighted by atomic mass is 32.2. The molecule has 27 heavy (non-hydrogen) atoms. The molecule has 10 heteroatoms. The van der Waals surface area contributed by atoms with Crippen molar-refractivity contribution in [1.29, 1.82) is 0 Å². The molecule has 0 aliphatic heterocycles. The van der Waals surface area contributed by atoms with Crippen molar-refractivity contribution >= 4 is 40.0 Å². The summed E-state index contributed by atoms with van der Waals surface area (Å²) < 4.78 is 6.40. The molecule has 0 spiro atoms. The van der Waals surface area contributed by atoms with Gasteiger partial charge in [-0.25, -0.2) is 9.47 Å². The monoisotopic (exact) mass is 407 g/mol. The van der Waals surface area contributed by atoms with Crippen molar-refractivity contribution in [2.24, 2.45) is 0 Å². The van der Waals surface area contributed by atoms with Crippen LogP contribution in [0.5, 0.6) is 0 Å². The second kappa shape index (κ2) is 7.51. The number of aromatic nitrogens is 3. The summed E-state index contributed by atoms with van der Waals surface area (Å²) in [5, 5.41) is 12.1. The lowest BCUT2D eigenvalue weighted by Crippen LogP contribution is -2.18. The fourth-order valence-electron chi connectivity index (χ4n) is 3.27. The lowest BCUT2D eigenvalue weighted by atomic mass is 9.95. The van der Waals surface area contributed by atoms with Crippen LogP contribution in [0.25, 0.3) is 0 Å². The number of fused-ring (bicyclic) bond motifs is 1. The van der Waals surface area contributed by atoms with Gasteiger partial charge in [-0.05, 0) is 44.1 Å². The van der Waals surface area contributed by atoms with Crippen LogP contribution in [-0.4, -0.2) is 39.6 Å². The Kier molecular flexibility index (Phi) is 5.09. The molecule has 0 radical (unpaired) electrons. The summed E-state index contributed by atoms with van der Waals surface area (Å²) in [7, 11) is 1.36. The Bertz CT molecular complexity index is 888. The van der Waals surface area contributed by atoms with E-state index in [1.165, 1.54) is 39.8 Å². The van der Waals surface area contributed by atoms with E-state index in [9.17, 15) is 9.59 Å². The Morgan fingerprint density at radius 3 is 2.85 bits per heavy atom. The van der Waals surface area contributed by atoms with Gasteiger partial charge < -0.3 is 15.9 Å². The van der Waals surface area contributed by atoms with E-state index in [-0.39, 0.29) is 11.7 Å². The Labute approximate surface area is 164 Å². The number of hydrogen-bond donors (Lipinski definition) is 2. The molecule has 3 N–H and O–H groups in total. The highest BCUT2D eigenvalue weighted by molar-refractivity contribution is 7.99. The van der Waals surface area contributed by atoms with Gasteiger partial charge in [-0.15, -0.1) is 21.5 Å². The number of thiophene rings is 1. The van der Waals surface area contributed by atoms with Crippen LogP contribution in [0.3, 0.4) is 0 Å². The minimum absolute atomic E-state index is 0.142. The van der Waals surface area contributed by atoms with E-state index in [0.717, 1.165) is 49.9 Å². The third-order valence-electron chi connectivity index (χ3n) is 4.78. The maximum atomic E-state index is 12.5. The lowest BCUT2D eigenvalue weighted by Gasteiger charge is -2.11. The van der Waals surface area contributed by atoms with E-state index in [1.807, 2.05) is 0 Å². The minimum atomic E-state index is -0.395. The molecule has 4 rings (SSSR count). The molecule has 2 aromatic heterocycles. The number of methoxy groups -OCH3 is 1. The van der Waals surface area contributed by atoms with Gasteiger partial charge in [-0.2, -0.15) is 0 Å². The smallest absolute Gasteiger partial charge is 0.341 e. The van der Waals surface area contributed by atoms with Gasteiger partial charge in [-0.3, -0.25) is 4.79 Å². The number of aryl methyl sites for hydroxylation is 1. The van der Waals surface area contributed by atoms with Crippen molar-refractivity contribution in [3.63, 3.8) is 0 Å². The maximum Gasteiger partial charge on any atom is 0.341 e. The van der Waals surface area contributed by atoms with Crippen LogP contribution in [-0.2, 0) is 22.4 Å². The summed E-state index contributed by atoms with van der Waals surface area (Å²) in [5.74, 6) is 6.72. The first kappa shape index (κ1) is 18.3. The molecule has 8 nitrogen and oxygen atoms in total. The first-order valence-electron chi connectivity index (χ1n) is 8.94. The molecule has 0 atom stereocenters. The fraction of sp³-hybridized carbons (Fsp3) is 0.529. The van der Waals surface area contributed by atoms with Gasteiger partial charge in [0.05, 0.1) is 18.4 Å². The van der Waals surface area contributed by atoms with Crippen molar-refractivity contribution < 1.29 is 14.3 Å². The van der Waals surface area contributed by atoms with Crippen LogP contribution in [0.2, 0.25) is 0 Å². The van der Waals surface area contributed by atoms with Crippen LogP contribution < -0.4 is 11.2 Å². The summed E-state index contributed by atoms with van der Waals surface area (Å²) in [4.78, 5) is 25.9. The first-order valence-corrected chi connectivity index (χ1v) is 10.7. The summed E-state index contributed by atoms with van der Waals surface area (Å²) >= 11 is 2.71. The van der Waals surface area contributed by atoms with Crippen LogP contribution in [0.15, 0.2) is 5.16 Å². The van der Waals surface area contributed by atoms with Gasteiger partial charge in [0.25, 0.3) is 0 Å². The molecule has 0 saturated heterocycles. The molecule has 0 unspecified atom stereocenters. The van der Waals surface area contributed by atoms with Crippen molar-refractivity contribution in [3.8, 4) is 0 Å². The molecule has 1 amide bonds. The first-order chi connectivity index (χ1) is 13.1. The molecular formula is C17H21N5O3S2. The van der Waals surface area contributed by atoms with E-state index < -0.39 is 5.97 Å². The van der Waals surface area contributed by atoms with Crippen LogP contribution in [0.1, 0.15) is 58.2 Å². The number of rotatable bonds is 6. The van der Waals surface area contributed by atoms with Crippen LogP contribution in [0.4, 0.5) is 5.00 Å². The summed E-state index contributed by atoms with van der Waals surface area (Å²) in [6.07, 6.45) is 6.11. The number of hydrogen-bond acceptors (Lipinski definition) is 8. The van der Waals surface area contributed by atoms with Gasteiger partial charge in [0.2, 0.25) is 11.1 Å². The number of anilines is 1. The summed E-state index contributed by atoms with van der Waals surface area (Å²) in [6.45, 7) is 0. The Morgan fingerprint density at radius 1 is 1.33 bits per heavy atom. The number of nitrogens with two attached hydrogens (primary N) is 1. The van der Waals surface area contributed by atoms with E-state index >= 15 is 0 Å². The molecular weight excluding hydrogens is 386 g/mol. The number of esters is 1. The van der Waals surface area contributed by atoms with Crippen molar-refractivity contribution in [2.75, 3.05) is 24.0 Å². The highest BCUT2D eigenvalue weighted by Gasteiger charge is 2.30. The Hall–Kier alpha value is -2.07. The largest absolute Gasteiger partial charge is 0.465 e.